The van der Waals surface area contributed by atoms with Crippen LogP contribution in [0.1, 0.15) is 30.6 Å². The molecule has 1 rings (SSSR count). The van der Waals surface area contributed by atoms with Crippen LogP contribution in [0.4, 0.5) is 5.69 Å². The molecule has 21 heavy (non-hydrogen) atoms. The number of carboxylic acid groups (broad SMARTS) is 1. The number of hydrogen-bond acceptors (Lipinski definition) is 4. The quantitative estimate of drug-likeness (QED) is 0.619. The summed E-state index contributed by atoms with van der Waals surface area (Å²) in [5.74, 6) is -1.77. The van der Waals surface area contributed by atoms with E-state index >= 15 is 0 Å². The Bertz CT molecular complexity index is 574. The van der Waals surface area contributed by atoms with Gasteiger partial charge in [-0.15, -0.1) is 0 Å². The van der Waals surface area contributed by atoms with Gasteiger partial charge in [-0.05, 0) is 24.5 Å². The number of nitro benzene ring substituents is 1. The van der Waals surface area contributed by atoms with Crippen LogP contribution >= 0.6 is 11.6 Å². The summed E-state index contributed by atoms with van der Waals surface area (Å²) in [7, 11) is 0. The number of carbonyl (C=O) groups excluding carboxylic acids is 1. The van der Waals surface area contributed by atoms with E-state index in [9.17, 15) is 19.7 Å². The molecule has 7 nitrogen and oxygen atoms in total. The Morgan fingerprint density at radius 1 is 1.43 bits per heavy atom. The summed E-state index contributed by atoms with van der Waals surface area (Å²) in [6, 6.07) is 2.50. The second kappa shape index (κ2) is 7.03. The number of rotatable bonds is 6. The average Bonchev–Trinajstić information content (AvgIpc) is 2.37. The molecule has 0 aliphatic rings. The van der Waals surface area contributed by atoms with Crippen LogP contribution in [0.25, 0.3) is 0 Å². The van der Waals surface area contributed by atoms with E-state index < -0.39 is 28.5 Å². The fraction of sp³-hybridized carbons (Fsp3) is 0.385. The van der Waals surface area contributed by atoms with Crippen molar-refractivity contribution < 1.29 is 19.6 Å². The summed E-state index contributed by atoms with van der Waals surface area (Å²) >= 11 is 5.65. The van der Waals surface area contributed by atoms with Crippen molar-refractivity contribution in [3.8, 4) is 0 Å². The third-order valence-corrected chi connectivity index (χ3v) is 3.04. The third kappa shape index (κ3) is 4.71. The number of amides is 1. The zero-order valence-corrected chi connectivity index (χ0v) is 12.3. The molecule has 0 saturated carbocycles. The van der Waals surface area contributed by atoms with Gasteiger partial charge in [-0.3, -0.25) is 14.9 Å². The van der Waals surface area contributed by atoms with Gasteiger partial charge in [-0.2, -0.15) is 0 Å². The van der Waals surface area contributed by atoms with Crippen LogP contribution in [0.2, 0.25) is 5.02 Å². The van der Waals surface area contributed by atoms with E-state index in [4.69, 9.17) is 16.7 Å². The highest BCUT2D eigenvalue weighted by Gasteiger charge is 2.23. The van der Waals surface area contributed by atoms with E-state index in [1.807, 2.05) is 13.8 Å². The topological polar surface area (TPSA) is 110 Å². The van der Waals surface area contributed by atoms with Crippen LogP contribution in [0.3, 0.4) is 0 Å². The first kappa shape index (κ1) is 16.9. The lowest BCUT2D eigenvalue weighted by Crippen LogP contribution is -2.41. The second-order valence-electron chi connectivity index (χ2n) is 4.92. The minimum atomic E-state index is -1.15. The van der Waals surface area contributed by atoms with Crippen LogP contribution < -0.4 is 5.32 Å². The molecule has 8 heteroatoms. The van der Waals surface area contributed by atoms with Gasteiger partial charge in [0.05, 0.1) is 4.92 Å². The van der Waals surface area contributed by atoms with Gasteiger partial charge >= 0.3 is 5.97 Å². The molecule has 0 bridgehead atoms. The number of halogens is 1. The molecule has 0 radical (unpaired) electrons. The van der Waals surface area contributed by atoms with Crippen molar-refractivity contribution in [1.82, 2.24) is 5.32 Å². The van der Waals surface area contributed by atoms with Crippen molar-refractivity contribution in [2.45, 2.75) is 26.3 Å². The Labute approximate surface area is 126 Å². The second-order valence-corrected chi connectivity index (χ2v) is 5.32. The third-order valence-electron chi connectivity index (χ3n) is 2.72. The number of nitrogens with zero attached hydrogens (tertiary/aromatic N) is 1. The molecule has 0 fully saturated rings. The zero-order valence-electron chi connectivity index (χ0n) is 11.5. The predicted molar refractivity (Wildman–Crippen MR) is 76.5 cm³/mol. The number of nitrogens with one attached hydrogen (secondary N) is 1. The summed E-state index contributed by atoms with van der Waals surface area (Å²) in [5, 5.41) is 22.1. The Morgan fingerprint density at radius 2 is 2.05 bits per heavy atom. The maximum Gasteiger partial charge on any atom is 0.326 e. The van der Waals surface area contributed by atoms with Gasteiger partial charge in [-0.25, -0.2) is 4.79 Å². The summed E-state index contributed by atoms with van der Waals surface area (Å²) in [6.45, 7) is 3.66. The number of hydrogen-bond donors (Lipinski definition) is 2. The van der Waals surface area contributed by atoms with Crippen LogP contribution in [-0.4, -0.2) is 27.9 Å². The first-order valence-corrected chi connectivity index (χ1v) is 6.57. The van der Waals surface area contributed by atoms with Crippen LogP contribution in [-0.2, 0) is 4.79 Å². The molecule has 1 aromatic carbocycles. The van der Waals surface area contributed by atoms with Crippen LogP contribution in [0.5, 0.6) is 0 Å². The molecule has 114 valence electrons. The predicted octanol–water partition coefficient (Wildman–Crippen LogP) is 2.48. The normalized spacial score (nSPS) is 12.0. The van der Waals surface area contributed by atoms with Gasteiger partial charge in [0.1, 0.15) is 11.1 Å². The van der Waals surface area contributed by atoms with Crippen molar-refractivity contribution in [2.24, 2.45) is 5.92 Å². The summed E-state index contributed by atoms with van der Waals surface area (Å²) < 4.78 is 0. The lowest BCUT2D eigenvalue weighted by Gasteiger charge is -2.16. The molecule has 2 N–H and O–H groups in total. The molecule has 1 amide bonds. The SMILES string of the molecule is CC(C)C[C@H](NC(=O)c1ccc(Cl)c([N+](=O)[O-])c1)C(=O)O. The molecule has 0 spiro atoms. The van der Waals surface area contributed by atoms with Crippen LogP contribution in [0.15, 0.2) is 18.2 Å². The van der Waals surface area contributed by atoms with E-state index in [0.29, 0.717) is 0 Å². The Kier molecular flexibility index (Phi) is 5.66. The lowest BCUT2D eigenvalue weighted by molar-refractivity contribution is -0.384. The first-order chi connectivity index (χ1) is 9.72. The number of carbonyl (C=O) groups is 2. The van der Waals surface area contributed by atoms with Gasteiger partial charge in [0.2, 0.25) is 0 Å². The van der Waals surface area contributed by atoms with Gasteiger partial charge in [-0.1, -0.05) is 25.4 Å². The number of carboxylic acids is 1. The first-order valence-electron chi connectivity index (χ1n) is 6.20. The smallest absolute Gasteiger partial charge is 0.326 e. The monoisotopic (exact) mass is 314 g/mol. The van der Waals surface area contributed by atoms with Gasteiger partial charge in [0.25, 0.3) is 11.6 Å². The molecule has 1 atom stereocenters. The molecule has 0 saturated heterocycles. The molecule has 0 unspecified atom stereocenters. The number of nitro groups is 1. The number of aliphatic carboxylic acids is 1. The van der Waals surface area contributed by atoms with Crippen molar-refractivity contribution in [1.29, 1.82) is 0 Å². The van der Waals surface area contributed by atoms with Crippen LogP contribution in [0, 0.1) is 16.0 Å². The largest absolute Gasteiger partial charge is 0.480 e. The molecule has 1 aromatic rings. The zero-order chi connectivity index (χ0) is 16.2. The maximum atomic E-state index is 12.0. The van der Waals surface area contributed by atoms with E-state index in [1.165, 1.54) is 12.1 Å². The molecule has 0 aromatic heterocycles. The fourth-order valence-corrected chi connectivity index (χ4v) is 1.91. The van der Waals surface area contributed by atoms with E-state index in [0.717, 1.165) is 6.07 Å². The van der Waals surface area contributed by atoms with Crippen molar-refractivity contribution >= 4 is 29.2 Å². The fourth-order valence-electron chi connectivity index (χ4n) is 1.73. The number of benzene rings is 1. The molecule has 0 aliphatic carbocycles. The van der Waals surface area contributed by atoms with Crippen molar-refractivity contribution in [3.05, 3.63) is 38.9 Å². The van der Waals surface area contributed by atoms with Gasteiger partial charge in [0.15, 0.2) is 0 Å². The minimum Gasteiger partial charge on any atom is -0.480 e. The van der Waals surface area contributed by atoms with Gasteiger partial charge in [0, 0.05) is 11.6 Å². The minimum absolute atomic E-state index is 0.0129. The Balaban J connectivity index is 2.95. The highest BCUT2D eigenvalue weighted by atomic mass is 35.5. The standard InChI is InChI=1S/C13H15ClN2O5/c1-7(2)5-10(13(18)19)15-12(17)8-3-4-9(14)11(6-8)16(20)21/h3-4,6-7,10H,5H2,1-2H3,(H,15,17)(H,18,19)/t10-/m0/s1. The Hall–Kier alpha value is -2.15. The van der Waals surface area contributed by atoms with Crippen molar-refractivity contribution in [2.75, 3.05) is 0 Å². The highest BCUT2D eigenvalue weighted by Crippen LogP contribution is 2.25. The average molecular weight is 315 g/mol. The molecule has 0 aliphatic heterocycles. The van der Waals surface area contributed by atoms with E-state index in [2.05, 4.69) is 5.32 Å². The van der Waals surface area contributed by atoms with Crippen molar-refractivity contribution in [3.63, 3.8) is 0 Å². The summed E-state index contributed by atoms with van der Waals surface area (Å²) in [6.07, 6.45) is 0.261. The van der Waals surface area contributed by atoms with E-state index in [-0.39, 0.29) is 22.9 Å². The molecular weight excluding hydrogens is 300 g/mol. The Morgan fingerprint density at radius 3 is 2.52 bits per heavy atom. The molecular formula is C13H15ClN2O5. The van der Waals surface area contributed by atoms with E-state index in [1.54, 1.807) is 0 Å². The maximum absolute atomic E-state index is 12.0. The highest BCUT2D eigenvalue weighted by molar-refractivity contribution is 6.32. The van der Waals surface area contributed by atoms with Gasteiger partial charge < -0.3 is 10.4 Å². The summed E-state index contributed by atoms with van der Waals surface area (Å²) in [4.78, 5) is 33.1. The summed E-state index contributed by atoms with van der Waals surface area (Å²) in [5.41, 5.74) is -0.416. The lowest BCUT2D eigenvalue weighted by atomic mass is 10.0. The molecule has 0 heterocycles.